The van der Waals surface area contributed by atoms with Gasteiger partial charge in [0, 0.05) is 17.8 Å². The molecule has 0 unspecified atom stereocenters. The van der Waals surface area contributed by atoms with Gasteiger partial charge in [0.25, 0.3) is 5.91 Å². The van der Waals surface area contributed by atoms with E-state index in [0.717, 1.165) is 6.07 Å². The number of carbonyl (C=O) groups is 1. The Labute approximate surface area is 179 Å². The maximum absolute atomic E-state index is 13.8. The number of alkyl halides is 3. The molecule has 3 aromatic heterocycles. The molecule has 0 spiro atoms. The van der Waals surface area contributed by atoms with Crippen LogP contribution in [0.2, 0.25) is 0 Å². The van der Waals surface area contributed by atoms with E-state index >= 15 is 0 Å². The molecule has 0 saturated carbocycles. The van der Waals surface area contributed by atoms with Crippen LogP contribution in [0.1, 0.15) is 35.1 Å². The molecule has 0 aliphatic carbocycles. The van der Waals surface area contributed by atoms with Gasteiger partial charge in [-0.05, 0) is 61.7 Å². The topological polar surface area (TPSA) is 63.6 Å². The maximum atomic E-state index is 13.8. The molecule has 0 fully saturated rings. The molecule has 1 amide bonds. The molecule has 4 aromatic rings. The number of rotatable bonds is 2. The molecule has 1 atom stereocenters. The lowest BCUT2D eigenvalue weighted by Crippen LogP contribution is -2.42. The lowest BCUT2D eigenvalue weighted by Gasteiger charge is -2.34. The highest BCUT2D eigenvalue weighted by molar-refractivity contribution is 6.06. The van der Waals surface area contributed by atoms with E-state index in [0.29, 0.717) is 28.6 Å². The molecule has 1 aliphatic heterocycles. The van der Waals surface area contributed by atoms with Crippen LogP contribution in [0.4, 0.5) is 23.2 Å². The largest absolute Gasteiger partial charge is 0.463 e. The quantitative estimate of drug-likeness (QED) is 0.402. The van der Waals surface area contributed by atoms with Crippen LogP contribution < -0.4 is 4.90 Å². The molecule has 1 aliphatic rings. The van der Waals surface area contributed by atoms with E-state index in [-0.39, 0.29) is 28.8 Å². The van der Waals surface area contributed by atoms with Crippen molar-refractivity contribution < 1.29 is 26.8 Å². The van der Waals surface area contributed by atoms with Gasteiger partial charge in [-0.1, -0.05) is 0 Å². The van der Waals surface area contributed by atoms with Gasteiger partial charge in [0.15, 0.2) is 22.8 Å². The molecule has 1 aromatic carbocycles. The first kappa shape index (κ1) is 20.2. The lowest BCUT2D eigenvalue weighted by atomic mass is 9.96. The smallest absolute Gasteiger partial charge is 0.433 e. The summed E-state index contributed by atoms with van der Waals surface area (Å²) in [5, 5.41) is 3.94. The second-order valence-electron chi connectivity index (χ2n) is 7.64. The fourth-order valence-corrected chi connectivity index (χ4v) is 3.98. The Bertz CT molecular complexity index is 1330. The van der Waals surface area contributed by atoms with Crippen LogP contribution in [-0.4, -0.2) is 26.5 Å². The van der Waals surface area contributed by atoms with Crippen molar-refractivity contribution in [1.29, 1.82) is 0 Å². The van der Waals surface area contributed by atoms with Crippen molar-refractivity contribution in [2.45, 2.75) is 32.0 Å². The Morgan fingerprint density at radius 1 is 1.19 bits per heavy atom. The molecule has 0 N–H and O–H groups in total. The molecular weight excluding hydrogens is 428 g/mol. The van der Waals surface area contributed by atoms with E-state index in [1.807, 2.05) is 6.92 Å². The Kier molecular flexibility index (Phi) is 4.54. The summed E-state index contributed by atoms with van der Waals surface area (Å²) in [5.74, 6) is -0.834. The Hall–Kier alpha value is -3.69. The van der Waals surface area contributed by atoms with Gasteiger partial charge in [-0.25, -0.2) is 13.9 Å². The average Bonchev–Trinajstić information content (AvgIpc) is 3.41. The average molecular weight is 444 g/mol. The van der Waals surface area contributed by atoms with Gasteiger partial charge in [-0.2, -0.15) is 18.3 Å². The minimum absolute atomic E-state index is 0.0270. The first-order chi connectivity index (χ1) is 15.2. The van der Waals surface area contributed by atoms with Gasteiger partial charge >= 0.3 is 6.18 Å². The molecular formula is C22H16F4N4O2. The highest BCUT2D eigenvalue weighted by Crippen LogP contribution is 2.34. The van der Waals surface area contributed by atoms with E-state index < -0.39 is 23.6 Å². The molecule has 0 radical (unpaired) electrons. The lowest BCUT2D eigenvalue weighted by molar-refractivity contribution is -0.142. The maximum Gasteiger partial charge on any atom is 0.433 e. The number of nitrogens with zero attached hydrogens (tertiary/aromatic N) is 4. The number of hydrogen-bond donors (Lipinski definition) is 0. The minimum atomic E-state index is -4.74. The zero-order valence-electron chi connectivity index (χ0n) is 16.7. The normalized spacial score (nSPS) is 16.4. The number of amides is 1. The summed E-state index contributed by atoms with van der Waals surface area (Å²) in [5.41, 5.74) is -0.257. The number of halogens is 4. The standard InChI is InChI=1S/C22H16F4N4O2/c1-12-4-5-13-9-14(23)6-7-17(13)29(12)21(31)16-11-20-27-15(18-3-2-8-32-18)10-19(22(24,25)26)30(20)28-16/h2-3,6-12H,4-5H2,1H3/t12-/m1/s1. The first-order valence-corrected chi connectivity index (χ1v) is 9.86. The van der Waals surface area contributed by atoms with Gasteiger partial charge in [0.05, 0.1) is 6.26 Å². The van der Waals surface area contributed by atoms with E-state index in [1.54, 1.807) is 0 Å². The molecule has 6 nitrogen and oxygen atoms in total. The summed E-state index contributed by atoms with van der Waals surface area (Å²) in [6.45, 7) is 1.83. The summed E-state index contributed by atoms with van der Waals surface area (Å²) in [7, 11) is 0. The molecule has 10 heteroatoms. The SMILES string of the molecule is C[C@@H]1CCc2cc(F)ccc2N1C(=O)c1cc2nc(-c3ccco3)cc(C(F)(F)F)n2n1. The number of fused-ring (bicyclic) bond motifs is 2. The highest BCUT2D eigenvalue weighted by Gasteiger charge is 2.37. The second kappa shape index (κ2) is 7.18. The summed E-state index contributed by atoms with van der Waals surface area (Å²) < 4.78 is 60.7. The third kappa shape index (κ3) is 3.31. The zero-order valence-corrected chi connectivity index (χ0v) is 16.7. The van der Waals surface area contributed by atoms with Crippen LogP contribution in [0.3, 0.4) is 0 Å². The van der Waals surface area contributed by atoms with Gasteiger partial charge in [0.2, 0.25) is 0 Å². The first-order valence-electron chi connectivity index (χ1n) is 9.86. The monoisotopic (exact) mass is 444 g/mol. The number of benzene rings is 1. The number of aromatic nitrogens is 3. The second-order valence-corrected chi connectivity index (χ2v) is 7.64. The number of hydrogen-bond acceptors (Lipinski definition) is 4. The van der Waals surface area contributed by atoms with Crippen molar-refractivity contribution in [3.8, 4) is 11.5 Å². The Morgan fingerprint density at radius 3 is 2.72 bits per heavy atom. The van der Waals surface area contributed by atoms with E-state index in [2.05, 4.69) is 10.1 Å². The highest BCUT2D eigenvalue weighted by atomic mass is 19.4. The predicted molar refractivity (Wildman–Crippen MR) is 107 cm³/mol. The van der Waals surface area contributed by atoms with Crippen LogP contribution in [0.15, 0.2) is 53.1 Å². The van der Waals surface area contributed by atoms with Crippen LogP contribution in [0.5, 0.6) is 0 Å². The number of aryl methyl sites for hydroxylation is 1. The van der Waals surface area contributed by atoms with E-state index in [9.17, 15) is 22.4 Å². The van der Waals surface area contributed by atoms with Crippen molar-refractivity contribution in [1.82, 2.24) is 14.6 Å². The fourth-order valence-electron chi connectivity index (χ4n) is 3.98. The Morgan fingerprint density at radius 2 is 2.00 bits per heavy atom. The van der Waals surface area contributed by atoms with Crippen molar-refractivity contribution in [2.75, 3.05) is 4.90 Å². The van der Waals surface area contributed by atoms with Gasteiger partial charge < -0.3 is 9.32 Å². The van der Waals surface area contributed by atoms with Crippen molar-refractivity contribution in [2.24, 2.45) is 0 Å². The van der Waals surface area contributed by atoms with Crippen molar-refractivity contribution in [3.63, 3.8) is 0 Å². The van der Waals surface area contributed by atoms with Crippen molar-refractivity contribution >= 4 is 17.2 Å². The zero-order chi connectivity index (χ0) is 22.6. The number of furan rings is 1. The molecule has 32 heavy (non-hydrogen) atoms. The number of carbonyl (C=O) groups excluding carboxylic acids is 1. The third-order valence-corrected chi connectivity index (χ3v) is 5.50. The van der Waals surface area contributed by atoms with E-state index in [1.165, 1.54) is 47.6 Å². The van der Waals surface area contributed by atoms with Crippen molar-refractivity contribution in [3.05, 3.63) is 71.5 Å². The summed E-state index contributed by atoms with van der Waals surface area (Å²) >= 11 is 0. The van der Waals surface area contributed by atoms with Gasteiger partial charge in [-0.3, -0.25) is 4.79 Å². The summed E-state index contributed by atoms with van der Waals surface area (Å²) in [6.07, 6.45) is -2.23. The third-order valence-electron chi connectivity index (χ3n) is 5.50. The van der Waals surface area contributed by atoms with Crippen LogP contribution >= 0.6 is 0 Å². The van der Waals surface area contributed by atoms with E-state index in [4.69, 9.17) is 4.42 Å². The van der Waals surface area contributed by atoms with Crippen LogP contribution in [0.25, 0.3) is 17.1 Å². The summed E-state index contributed by atoms with van der Waals surface area (Å²) in [6, 6.07) is 8.96. The van der Waals surface area contributed by atoms with Crippen LogP contribution in [0, 0.1) is 5.82 Å². The van der Waals surface area contributed by atoms with Crippen LogP contribution in [-0.2, 0) is 12.6 Å². The molecule has 5 rings (SSSR count). The Balaban J connectivity index is 1.63. The van der Waals surface area contributed by atoms with Gasteiger partial charge in [-0.15, -0.1) is 0 Å². The molecule has 164 valence electrons. The fraction of sp³-hybridized carbons (Fsp3) is 0.227. The summed E-state index contributed by atoms with van der Waals surface area (Å²) in [4.78, 5) is 19.0. The van der Waals surface area contributed by atoms with Gasteiger partial charge in [0.1, 0.15) is 11.5 Å². The molecule has 4 heterocycles. The minimum Gasteiger partial charge on any atom is -0.463 e. The molecule has 0 bridgehead atoms. The predicted octanol–water partition coefficient (Wildman–Crippen LogP) is 5.13. The molecule has 0 saturated heterocycles. The number of anilines is 1.